The summed E-state index contributed by atoms with van der Waals surface area (Å²) < 4.78 is 5.17. The summed E-state index contributed by atoms with van der Waals surface area (Å²) in [4.78, 5) is 6.55. The number of benzene rings is 1. The van der Waals surface area contributed by atoms with Crippen LogP contribution in [0.1, 0.15) is 5.56 Å². The Bertz CT molecular complexity index is 525. The first-order valence-corrected chi connectivity index (χ1v) is 6.22. The average molecular weight is 257 g/mol. The van der Waals surface area contributed by atoms with Crippen LogP contribution in [-0.2, 0) is 6.54 Å². The molecule has 2 aromatic rings. The zero-order valence-corrected chi connectivity index (χ0v) is 11.6. The van der Waals surface area contributed by atoms with E-state index in [0.717, 1.165) is 23.8 Å². The third kappa shape index (κ3) is 3.03. The van der Waals surface area contributed by atoms with Crippen molar-refractivity contribution in [2.45, 2.75) is 6.54 Å². The summed E-state index contributed by atoms with van der Waals surface area (Å²) in [7, 11) is 5.62. The summed E-state index contributed by atoms with van der Waals surface area (Å²) >= 11 is 0. The molecule has 0 atom stereocenters. The molecule has 2 rings (SSSR count). The van der Waals surface area contributed by atoms with E-state index < -0.39 is 0 Å². The second-order valence-corrected chi connectivity index (χ2v) is 4.27. The number of ether oxygens (including phenoxy) is 1. The van der Waals surface area contributed by atoms with Gasteiger partial charge in [0.25, 0.3) is 0 Å². The molecule has 0 amide bonds. The quantitative estimate of drug-likeness (QED) is 0.893. The first kappa shape index (κ1) is 13.4. The number of pyridine rings is 1. The summed E-state index contributed by atoms with van der Waals surface area (Å²) in [5.41, 5.74) is 2.25. The van der Waals surface area contributed by atoms with Gasteiger partial charge in [0.15, 0.2) is 0 Å². The van der Waals surface area contributed by atoms with Crippen LogP contribution in [0.15, 0.2) is 42.6 Å². The van der Waals surface area contributed by atoms with Crippen LogP contribution in [0.25, 0.3) is 0 Å². The smallest absolute Gasteiger partial charge is 0.137 e. The predicted octanol–water partition coefficient (Wildman–Crippen LogP) is 2.58. The van der Waals surface area contributed by atoms with Gasteiger partial charge in [-0.2, -0.15) is 0 Å². The van der Waals surface area contributed by atoms with Crippen LogP contribution < -0.4 is 15.0 Å². The summed E-state index contributed by atoms with van der Waals surface area (Å²) in [6, 6.07) is 12.0. The summed E-state index contributed by atoms with van der Waals surface area (Å²) in [6.45, 7) is 0.795. The third-order valence-corrected chi connectivity index (χ3v) is 3.01. The molecular formula is C15H19N3O. The van der Waals surface area contributed by atoms with Crippen molar-refractivity contribution in [2.75, 3.05) is 26.1 Å². The van der Waals surface area contributed by atoms with Gasteiger partial charge < -0.3 is 15.0 Å². The van der Waals surface area contributed by atoms with E-state index in [4.69, 9.17) is 4.74 Å². The Labute approximate surface area is 114 Å². The molecule has 0 spiro atoms. The second-order valence-electron chi connectivity index (χ2n) is 4.27. The number of nitrogens with one attached hydrogen (secondary N) is 1. The Morgan fingerprint density at radius 1 is 1.21 bits per heavy atom. The van der Waals surface area contributed by atoms with Gasteiger partial charge in [-0.1, -0.05) is 6.07 Å². The number of nitrogens with zero attached hydrogens (tertiary/aromatic N) is 2. The first-order valence-electron chi connectivity index (χ1n) is 6.22. The van der Waals surface area contributed by atoms with Crippen LogP contribution in [0.5, 0.6) is 5.75 Å². The molecule has 4 nitrogen and oxygen atoms in total. The molecular weight excluding hydrogens is 238 g/mol. The Morgan fingerprint density at radius 2 is 1.95 bits per heavy atom. The first-order chi connectivity index (χ1) is 9.26. The van der Waals surface area contributed by atoms with Gasteiger partial charge in [0.05, 0.1) is 7.11 Å². The molecule has 0 aliphatic carbocycles. The Hall–Kier alpha value is -2.07. The van der Waals surface area contributed by atoms with Crippen molar-refractivity contribution >= 4 is 11.5 Å². The number of hydrogen-bond donors (Lipinski definition) is 1. The number of methoxy groups -OCH3 is 1. The minimum absolute atomic E-state index is 0.795. The van der Waals surface area contributed by atoms with Crippen LogP contribution in [0.2, 0.25) is 0 Å². The molecule has 0 saturated heterocycles. The van der Waals surface area contributed by atoms with Crippen molar-refractivity contribution in [3.63, 3.8) is 0 Å². The van der Waals surface area contributed by atoms with Crippen molar-refractivity contribution in [2.24, 2.45) is 0 Å². The van der Waals surface area contributed by atoms with Gasteiger partial charge in [-0.3, -0.25) is 0 Å². The molecule has 4 heteroatoms. The normalized spacial score (nSPS) is 10.3. The predicted molar refractivity (Wildman–Crippen MR) is 78.1 cm³/mol. The summed E-state index contributed by atoms with van der Waals surface area (Å²) in [6.07, 6.45) is 1.81. The van der Waals surface area contributed by atoms with Crippen molar-refractivity contribution in [1.29, 1.82) is 0 Å². The highest BCUT2D eigenvalue weighted by molar-refractivity contribution is 5.62. The van der Waals surface area contributed by atoms with E-state index in [0.29, 0.717) is 0 Å². The molecule has 1 aromatic heterocycles. The minimum Gasteiger partial charge on any atom is -0.497 e. The summed E-state index contributed by atoms with van der Waals surface area (Å²) in [5, 5.41) is 3.16. The Balaban J connectivity index is 2.29. The lowest BCUT2D eigenvalue weighted by molar-refractivity contribution is 0.415. The van der Waals surface area contributed by atoms with Crippen LogP contribution in [0, 0.1) is 0 Å². The van der Waals surface area contributed by atoms with Crippen LogP contribution in [0.3, 0.4) is 0 Å². The van der Waals surface area contributed by atoms with E-state index in [-0.39, 0.29) is 0 Å². The maximum atomic E-state index is 5.17. The minimum atomic E-state index is 0.795. The van der Waals surface area contributed by atoms with Crippen molar-refractivity contribution in [3.05, 3.63) is 48.2 Å². The standard InChI is InChI=1S/C15H19N3O/c1-16-11-12-5-4-10-17-15(12)18(2)13-6-8-14(19-3)9-7-13/h4-10,16H,11H2,1-3H3. The monoisotopic (exact) mass is 257 g/mol. The molecule has 0 aliphatic rings. The molecule has 19 heavy (non-hydrogen) atoms. The lowest BCUT2D eigenvalue weighted by Gasteiger charge is -2.21. The van der Waals surface area contributed by atoms with E-state index in [1.54, 1.807) is 7.11 Å². The average Bonchev–Trinajstić information content (AvgIpc) is 2.47. The van der Waals surface area contributed by atoms with E-state index >= 15 is 0 Å². The van der Waals surface area contributed by atoms with E-state index in [1.807, 2.05) is 50.6 Å². The van der Waals surface area contributed by atoms with Gasteiger partial charge in [0.1, 0.15) is 11.6 Å². The molecule has 100 valence electrons. The maximum Gasteiger partial charge on any atom is 0.137 e. The molecule has 0 unspecified atom stereocenters. The maximum absolute atomic E-state index is 5.17. The highest BCUT2D eigenvalue weighted by Crippen LogP contribution is 2.26. The summed E-state index contributed by atoms with van der Waals surface area (Å²) in [5.74, 6) is 1.82. The molecule has 0 radical (unpaired) electrons. The molecule has 1 heterocycles. The van der Waals surface area contributed by atoms with Gasteiger partial charge >= 0.3 is 0 Å². The molecule has 0 aliphatic heterocycles. The number of aromatic nitrogens is 1. The Morgan fingerprint density at radius 3 is 2.58 bits per heavy atom. The van der Waals surface area contributed by atoms with E-state index in [9.17, 15) is 0 Å². The van der Waals surface area contributed by atoms with Crippen LogP contribution in [-0.4, -0.2) is 26.2 Å². The molecule has 0 saturated carbocycles. The largest absolute Gasteiger partial charge is 0.497 e. The zero-order chi connectivity index (χ0) is 13.7. The fourth-order valence-corrected chi connectivity index (χ4v) is 1.99. The topological polar surface area (TPSA) is 37.4 Å². The van der Waals surface area contributed by atoms with Crippen LogP contribution >= 0.6 is 0 Å². The van der Waals surface area contributed by atoms with Gasteiger partial charge in [-0.25, -0.2) is 4.98 Å². The molecule has 0 bridgehead atoms. The fourth-order valence-electron chi connectivity index (χ4n) is 1.99. The Kier molecular flexibility index (Phi) is 4.36. The van der Waals surface area contributed by atoms with Gasteiger partial charge in [-0.15, -0.1) is 0 Å². The zero-order valence-electron chi connectivity index (χ0n) is 11.6. The van der Waals surface area contributed by atoms with E-state index in [1.165, 1.54) is 5.56 Å². The molecule has 1 aromatic carbocycles. The number of anilines is 2. The highest BCUT2D eigenvalue weighted by Gasteiger charge is 2.09. The number of rotatable bonds is 5. The van der Waals surface area contributed by atoms with Gasteiger partial charge in [0.2, 0.25) is 0 Å². The van der Waals surface area contributed by atoms with Gasteiger partial charge in [-0.05, 0) is 37.4 Å². The molecule has 0 fully saturated rings. The van der Waals surface area contributed by atoms with Crippen molar-refractivity contribution in [1.82, 2.24) is 10.3 Å². The highest BCUT2D eigenvalue weighted by atomic mass is 16.5. The fraction of sp³-hybridized carbons (Fsp3) is 0.267. The van der Waals surface area contributed by atoms with Crippen molar-refractivity contribution in [3.8, 4) is 5.75 Å². The van der Waals surface area contributed by atoms with Crippen LogP contribution in [0.4, 0.5) is 11.5 Å². The van der Waals surface area contributed by atoms with Crippen molar-refractivity contribution < 1.29 is 4.74 Å². The second kappa shape index (κ2) is 6.20. The molecule has 1 N–H and O–H groups in total. The van der Waals surface area contributed by atoms with E-state index in [2.05, 4.69) is 21.3 Å². The third-order valence-electron chi connectivity index (χ3n) is 3.01. The number of hydrogen-bond acceptors (Lipinski definition) is 4. The SMILES string of the molecule is CNCc1cccnc1N(C)c1ccc(OC)cc1. The lowest BCUT2D eigenvalue weighted by Crippen LogP contribution is -2.16. The lowest BCUT2D eigenvalue weighted by atomic mass is 10.2. The van der Waals surface area contributed by atoms with Gasteiger partial charge in [0, 0.05) is 31.0 Å².